The van der Waals surface area contributed by atoms with Gasteiger partial charge in [-0.2, -0.15) is 0 Å². The van der Waals surface area contributed by atoms with Gasteiger partial charge in [0.2, 0.25) is 5.91 Å². The van der Waals surface area contributed by atoms with Crippen LogP contribution in [0.15, 0.2) is 48.5 Å². The molecule has 2 N–H and O–H groups in total. The second kappa shape index (κ2) is 6.00. The van der Waals surface area contributed by atoms with Crippen LogP contribution in [0.2, 0.25) is 0 Å². The van der Waals surface area contributed by atoms with Gasteiger partial charge < -0.3 is 10.6 Å². The molecule has 0 aliphatic carbocycles. The Morgan fingerprint density at radius 3 is 2.53 bits per heavy atom. The molecule has 0 fully saturated rings. The summed E-state index contributed by atoms with van der Waals surface area (Å²) in [7, 11) is 0. The number of hydrogen-bond donors (Lipinski definition) is 2. The van der Waals surface area contributed by atoms with Crippen LogP contribution in [0.1, 0.15) is 5.56 Å². The third-order valence-corrected chi connectivity index (χ3v) is 2.55. The Morgan fingerprint density at radius 1 is 1.11 bits per heavy atom. The first-order valence-electron chi connectivity index (χ1n) is 5.99. The quantitative estimate of drug-likeness (QED) is 0.884. The van der Waals surface area contributed by atoms with Gasteiger partial charge in [0, 0.05) is 11.4 Å². The molecular weight excluding hydrogens is 243 g/mol. The number of halogens is 1. The molecule has 2 rings (SSSR count). The first kappa shape index (κ1) is 13.1. The molecule has 3 nitrogen and oxygen atoms in total. The van der Waals surface area contributed by atoms with Gasteiger partial charge in [-0.15, -0.1) is 0 Å². The number of rotatable bonds is 4. The first-order valence-corrected chi connectivity index (χ1v) is 5.99. The summed E-state index contributed by atoms with van der Waals surface area (Å²) in [4.78, 5) is 11.7. The summed E-state index contributed by atoms with van der Waals surface area (Å²) in [6.07, 6.45) is 0. The topological polar surface area (TPSA) is 41.1 Å². The van der Waals surface area contributed by atoms with E-state index < -0.39 is 0 Å². The number of hydrogen-bond acceptors (Lipinski definition) is 2. The fourth-order valence-corrected chi connectivity index (χ4v) is 1.75. The fourth-order valence-electron chi connectivity index (χ4n) is 1.75. The number of amides is 1. The number of benzene rings is 2. The first-order chi connectivity index (χ1) is 9.13. The molecule has 2 aromatic carbocycles. The lowest BCUT2D eigenvalue weighted by Gasteiger charge is -2.08. The van der Waals surface area contributed by atoms with E-state index in [1.165, 1.54) is 12.1 Å². The Hall–Kier alpha value is -2.36. The van der Waals surface area contributed by atoms with Crippen LogP contribution in [-0.2, 0) is 4.79 Å². The molecule has 0 saturated heterocycles. The smallest absolute Gasteiger partial charge is 0.243 e. The van der Waals surface area contributed by atoms with Crippen LogP contribution in [-0.4, -0.2) is 12.5 Å². The molecule has 98 valence electrons. The minimum atomic E-state index is -0.355. The summed E-state index contributed by atoms with van der Waals surface area (Å²) < 4.78 is 13.2. The van der Waals surface area contributed by atoms with Crippen molar-refractivity contribution in [1.29, 1.82) is 0 Å². The van der Waals surface area contributed by atoms with E-state index in [0.29, 0.717) is 5.69 Å². The maximum Gasteiger partial charge on any atom is 0.243 e. The van der Waals surface area contributed by atoms with Crippen molar-refractivity contribution in [1.82, 2.24) is 0 Å². The summed E-state index contributed by atoms with van der Waals surface area (Å²) in [6, 6.07) is 13.9. The van der Waals surface area contributed by atoms with E-state index in [1.54, 1.807) is 13.0 Å². The van der Waals surface area contributed by atoms with E-state index >= 15 is 0 Å². The van der Waals surface area contributed by atoms with Crippen LogP contribution >= 0.6 is 0 Å². The van der Waals surface area contributed by atoms with Crippen molar-refractivity contribution in [3.63, 3.8) is 0 Å². The normalized spacial score (nSPS) is 10.0. The number of anilines is 2. The van der Waals surface area contributed by atoms with E-state index in [-0.39, 0.29) is 18.3 Å². The Labute approximate surface area is 111 Å². The number of nitrogens with one attached hydrogen (secondary N) is 2. The second-order valence-corrected chi connectivity index (χ2v) is 4.29. The van der Waals surface area contributed by atoms with Crippen LogP contribution in [0.5, 0.6) is 0 Å². The van der Waals surface area contributed by atoms with Crippen molar-refractivity contribution in [2.75, 3.05) is 17.2 Å². The van der Waals surface area contributed by atoms with E-state index in [1.807, 2.05) is 30.3 Å². The molecule has 0 spiro atoms. The second-order valence-electron chi connectivity index (χ2n) is 4.29. The summed E-state index contributed by atoms with van der Waals surface area (Å²) in [5.74, 6) is -0.569. The van der Waals surface area contributed by atoms with Gasteiger partial charge in [-0.05, 0) is 42.8 Å². The van der Waals surface area contributed by atoms with Gasteiger partial charge in [-0.25, -0.2) is 4.39 Å². The van der Waals surface area contributed by atoms with Gasteiger partial charge in [-0.1, -0.05) is 18.2 Å². The largest absolute Gasteiger partial charge is 0.376 e. The SMILES string of the molecule is Cc1cc(F)cc(NC(=O)CNc2ccccc2)c1. The average molecular weight is 258 g/mol. The Kier molecular flexibility index (Phi) is 4.13. The van der Waals surface area contributed by atoms with Gasteiger partial charge >= 0.3 is 0 Å². The van der Waals surface area contributed by atoms with Crippen molar-refractivity contribution in [3.05, 3.63) is 59.9 Å². The van der Waals surface area contributed by atoms with Crippen molar-refractivity contribution < 1.29 is 9.18 Å². The number of carbonyl (C=O) groups is 1. The molecular formula is C15H15FN2O. The highest BCUT2D eigenvalue weighted by atomic mass is 19.1. The third-order valence-electron chi connectivity index (χ3n) is 2.55. The van der Waals surface area contributed by atoms with Crippen molar-refractivity contribution in [3.8, 4) is 0 Å². The summed E-state index contributed by atoms with van der Waals surface area (Å²) in [5.41, 5.74) is 2.11. The fraction of sp³-hybridized carbons (Fsp3) is 0.133. The van der Waals surface area contributed by atoms with E-state index in [0.717, 1.165) is 11.3 Å². The Morgan fingerprint density at radius 2 is 1.84 bits per heavy atom. The van der Waals surface area contributed by atoms with Crippen LogP contribution in [0.25, 0.3) is 0 Å². The number of para-hydroxylation sites is 1. The lowest BCUT2D eigenvalue weighted by molar-refractivity contribution is -0.114. The lowest BCUT2D eigenvalue weighted by Crippen LogP contribution is -2.21. The molecule has 19 heavy (non-hydrogen) atoms. The van der Waals surface area contributed by atoms with Crippen LogP contribution in [0, 0.1) is 12.7 Å². The monoisotopic (exact) mass is 258 g/mol. The Bertz CT molecular complexity index is 549. The molecule has 0 radical (unpaired) electrons. The van der Waals surface area contributed by atoms with Gasteiger partial charge in [-0.3, -0.25) is 4.79 Å². The predicted molar refractivity (Wildman–Crippen MR) is 74.7 cm³/mol. The Balaban J connectivity index is 1.91. The highest BCUT2D eigenvalue weighted by Gasteiger charge is 2.04. The lowest BCUT2D eigenvalue weighted by atomic mass is 10.2. The third kappa shape index (κ3) is 4.10. The number of aryl methyl sites for hydroxylation is 1. The summed E-state index contributed by atoms with van der Waals surface area (Å²) in [5, 5.41) is 5.64. The molecule has 0 aliphatic rings. The summed E-state index contributed by atoms with van der Waals surface area (Å²) in [6.45, 7) is 1.92. The van der Waals surface area contributed by atoms with Gasteiger partial charge in [0.15, 0.2) is 0 Å². The molecule has 0 unspecified atom stereocenters. The van der Waals surface area contributed by atoms with Crippen molar-refractivity contribution in [2.45, 2.75) is 6.92 Å². The molecule has 0 aliphatic heterocycles. The molecule has 0 saturated carbocycles. The summed E-state index contributed by atoms with van der Waals surface area (Å²) >= 11 is 0. The molecule has 0 bridgehead atoms. The predicted octanol–water partition coefficient (Wildman–Crippen LogP) is 3.18. The zero-order valence-corrected chi connectivity index (χ0v) is 10.6. The minimum absolute atomic E-state index is 0.138. The van der Waals surface area contributed by atoms with Gasteiger partial charge in [0.25, 0.3) is 0 Å². The van der Waals surface area contributed by atoms with E-state index in [2.05, 4.69) is 10.6 Å². The maximum absolute atomic E-state index is 13.2. The standard InChI is InChI=1S/C15H15FN2O/c1-11-7-12(16)9-14(8-11)18-15(19)10-17-13-5-3-2-4-6-13/h2-9,17H,10H2,1H3,(H,18,19). The van der Waals surface area contributed by atoms with Crippen LogP contribution in [0.3, 0.4) is 0 Å². The van der Waals surface area contributed by atoms with E-state index in [9.17, 15) is 9.18 Å². The van der Waals surface area contributed by atoms with Crippen molar-refractivity contribution in [2.24, 2.45) is 0 Å². The van der Waals surface area contributed by atoms with Crippen LogP contribution < -0.4 is 10.6 Å². The molecule has 0 heterocycles. The van der Waals surface area contributed by atoms with Gasteiger partial charge in [0.05, 0.1) is 6.54 Å². The molecule has 1 amide bonds. The maximum atomic E-state index is 13.2. The van der Waals surface area contributed by atoms with E-state index in [4.69, 9.17) is 0 Å². The van der Waals surface area contributed by atoms with Gasteiger partial charge in [0.1, 0.15) is 5.82 Å². The minimum Gasteiger partial charge on any atom is -0.376 e. The zero-order valence-electron chi connectivity index (χ0n) is 10.6. The molecule has 4 heteroatoms. The zero-order chi connectivity index (χ0) is 13.7. The van der Waals surface area contributed by atoms with Crippen molar-refractivity contribution >= 4 is 17.3 Å². The molecule has 0 atom stereocenters. The number of carbonyl (C=O) groups excluding carboxylic acids is 1. The van der Waals surface area contributed by atoms with Crippen LogP contribution in [0.4, 0.5) is 15.8 Å². The molecule has 0 aromatic heterocycles. The highest BCUT2D eigenvalue weighted by molar-refractivity contribution is 5.93. The average Bonchev–Trinajstić information content (AvgIpc) is 2.36. The highest BCUT2D eigenvalue weighted by Crippen LogP contribution is 2.13. The molecule has 2 aromatic rings.